The fourth-order valence-corrected chi connectivity index (χ4v) is 4.46. The molecule has 0 bridgehead atoms. The number of oxazole rings is 1. The number of ether oxygens (including phenoxy) is 1. The topological polar surface area (TPSA) is 102 Å². The number of likely N-dealkylation sites (tertiary alicyclic amines) is 2. The Hall–Kier alpha value is -2.78. The first-order chi connectivity index (χ1) is 14.0. The highest BCUT2D eigenvalue weighted by atomic mass is 19.1. The van der Waals surface area contributed by atoms with Crippen LogP contribution in [0.25, 0.3) is 0 Å². The molecule has 0 saturated carbocycles. The Morgan fingerprint density at radius 1 is 1.34 bits per heavy atom. The molecule has 29 heavy (non-hydrogen) atoms. The van der Waals surface area contributed by atoms with Gasteiger partial charge in [0, 0.05) is 38.6 Å². The van der Waals surface area contributed by atoms with Crippen molar-refractivity contribution in [2.24, 2.45) is 17.6 Å². The Balaban J connectivity index is 1.58. The Kier molecular flexibility index (Phi) is 5.33. The summed E-state index contributed by atoms with van der Waals surface area (Å²) >= 11 is 0. The highest BCUT2D eigenvalue weighted by Gasteiger charge is 2.50. The molecule has 2 fully saturated rings. The van der Waals surface area contributed by atoms with Crippen LogP contribution in [0.5, 0.6) is 0 Å². The fourth-order valence-electron chi connectivity index (χ4n) is 4.46. The molecule has 2 aromatic rings. The van der Waals surface area contributed by atoms with E-state index in [-0.39, 0.29) is 54.4 Å². The third kappa shape index (κ3) is 3.63. The summed E-state index contributed by atoms with van der Waals surface area (Å²) in [5, 5.41) is 0. The maximum absolute atomic E-state index is 13.9. The lowest BCUT2D eigenvalue weighted by atomic mass is 9.89. The second-order valence-corrected chi connectivity index (χ2v) is 7.44. The van der Waals surface area contributed by atoms with E-state index in [0.717, 1.165) is 5.56 Å². The lowest BCUT2D eigenvalue weighted by molar-refractivity contribution is -0.136. The molecule has 9 heteroatoms. The summed E-state index contributed by atoms with van der Waals surface area (Å²) in [7, 11) is 1.47. The number of benzene rings is 1. The van der Waals surface area contributed by atoms with Crippen LogP contribution in [-0.4, -0.2) is 59.9 Å². The van der Waals surface area contributed by atoms with E-state index < -0.39 is 0 Å². The Morgan fingerprint density at radius 3 is 2.86 bits per heavy atom. The van der Waals surface area contributed by atoms with Crippen molar-refractivity contribution in [2.45, 2.75) is 12.6 Å². The van der Waals surface area contributed by atoms with Gasteiger partial charge in [0.2, 0.25) is 11.8 Å². The quantitative estimate of drug-likeness (QED) is 0.806. The molecule has 3 heterocycles. The summed E-state index contributed by atoms with van der Waals surface area (Å²) in [4.78, 5) is 33.0. The summed E-state index contributed by atoms with van der Waals surface area (Å²) in [5.41, 5.74) is 6.44. The van der Waals surface area contributed by atoms with Gasteiger partial charge in [-0.15, -0.1) is 0 Å². The van der Waals surface area contributed by atoms with E-state index in [1.165, 1.54) is 25.5 Å². The van der Waals surface area contributed by atoms with Crippen molar-refractivity contribution in [3.8, 4) is 0 Å². The van der Waals surface area contributed by atoms with Crippen LogP contribution in [0.2, 0.25) is 0 Å². The molecule has 0 unspecified atom stereocenters. The van der Waals surface area contributed by atoms with Crippen molar-refractivity contribution in [1.29, 1.82) is 0 Å². The van der Waals surface area contributed by atoms with Gasteiger partial charge in [-0.25, -0.2) is 9.37 Å². The third-order valence-corrected chi connectivity index (χ3v) is 5.68. The minimum Gasteiger partial charge on any atom is -0.447 e. The molecule has 1 aromatic heterocycles. The zero-order chi connectivity index (χ0) is 20.5. The molecule has 0 radical (unpaired) electrons. The number of amides is 2. The van der Waals surface area contributed by atoms with Gasteiger partial charge >= 0.3 is 0 Å². The number of rotatable bonds is 5. The van der Waals surface area contributed by atoms with Crippen molar-refractivity contribution in [1.82, 2.24) is 14.8 Å². The van der Waals surface area contributed by atoms with Gasteiger partial charge in [-0.3, -0.25) is 9.59 Å². The second kappa shape index (κ2) is 7.92. The van der Waals surface area contributed by atoms with Crippen LogP contribution in [-0.2, 0) is 16.1 Å². The van der Waals surface area contributed by atoms with Gasteiger partial charge in [-0.05, 0) is 17.7 Å². The number of methoxy groups -OCH3 is 1. The first kappa shape index (κ1) is 19.5. The lowest BCUT2D eigenvalue weighted by Crippen LogP contribution is -2.39. The summed E-state index contributed by atoms with van der Waals surface area (Å²) < 4.78 is 24.1. The minimum atomic E-state index is -0.354. The first-order valence-corrected chi connectivity index (χ1v) is 9.49. The summed E-state index contributed by atoms with van der Waals surface area (Å²) in [5.74, 6) is -0.320. The van der Waals surface area contributed by atoms with Gasteiger partial charge < -0.3 is 24.7 Å². The average molecular weight is 402 g/mol. The molecule has 3 atom stereocenters. The molecule has 2 aliphatic heterocycles. The van der Waals surface area contributed by atoms with Crippen molar-refractivity contribution < 1.29 is 23.1 Å². The van der Waals surface area contributed by atoms with E-state index in [9.17, 15) is 14.0 Å². The number of carbonyl (C=O) groups excluding carboxylic acids is 2. The number of carbonyl (C=O) groups is 2. The van der Waals surface area contributed by atoms with E-state index in [2.05, 4.69) is 4.98 Å². The standard InChI is InChI=1S/C20H23FN4O4/c1-28-11-18(26)25-8-13-7-24(20(27)16-10-29-17(6-22)23-16)9-15(13)19(25)12-3-2-4-14(21)5-12/h2-5,10,13,15,19H,6-9,11,22H2,1H3/t13-,15-,19+/m1/s1. The van der Waals surface area contributed by atoms with Crippen LogP contribution in [0.3, 0.4) is 0 Å². The number of fused-ring (bicyclic) bond motifs is 1. The molecule has 2 amide bonds. The van der Waals surface area contributed by atoms with Gasteiger partial charge in [-0.2, -0.15) is 0 Å². The molecule has 0 aliphatic carbocycles. The van der Waals surface area contributed by atoms with Gasteiger partial charge in [0.1, 0.15) is 18.7 Å². The van der Waals surface area contributed by atoms with Crippen LogP contribution >= 0.6 is 0 Å². The van der Waals surface area contributed by atoms with Crippen molar-refractivity contribution in [2.75, 3.05) is 33.4 Å². The monoisotopic (exact) mass is 402 g/mol. The van der Waals surface area contributed by atoms with E-state index >= 15 is 0 Å². The molecule has 2 aliphatic rings. The smallest absolute Gasteiger partial charge is 0.275 e. The Bertz CT molecular complexity index is 917. The fraction of sp³-hybridized carbons (Fsp3) is 0.450. The van der Waals surface area contributed by atoms with E-state index in [0.29, 0.717) is 25.5 Å². The molecule has 8 nitrogen and oxygen atoms in total. The Labute approximate surface area is 167 Å². The van der Waals surface area contributed by atoms with E-state index in [4.69, 9.17) is 14.9 Å². The van der Waals surface area contributed by atoms with Crippen LogP contribution in [0, 0.1) is 17.7 Å². The number of aromatic nitrogens is 1. The predicted octanol–water partition coefficient (Wildman–Crippen LogP) is 1.19. The van der Waals surface area contributed by atoms with Gasteiger partial charge in [0.15, 0.2) is 5.69 Å². The highest BCUT2D eigenvalue weighted by molar-refractivity contribution is 5.92. The average Bonchev–Trinajstić information content (AvgIpc) is 3.41. The SMILES string of the molecule is COCC(=O)N1C[C@H]2CN(C(=O)c3coc(CN)n3)C[C@H]2[C@@H]1c1cccc(F)c1. The molecular formula is C20H23FN4O4. The van der Waals surface area contributed by atoms with E-state index in [1.54, 1.807) is 15.9 Å². The maximum atomic E-state index is 13.9. The zero-order valence-electron chi connectivity index (χ0n) is 16.1. The van der Waals surface area contributed by atoms with E-state index in [1.807, 2.05) is 6.07 Å². The number of hydrogen-bond donors (Lipinski definition) is 1. The molecule has 154 valence electrons. The summed E-state index contributed by atoms with van der Waals surface area (Å²) in [6.45, 7) is 1.53. The maximum Gasteiger partial charge on any atom is 0.275 e. The van der Waals surface area contributed by atoms with Crippen molar-refractivity contribution >= 4 is 11.8 Å². The molecule has 1 aromatic carbocycles. The summed E-state index contributed by atoms with van der Waals surface area (Å²) in [6.07, 6.45) is 1.32. The zero-order valence-corrected chi connectivity index (χ0v) is 16.1. The number of nitrogens with zero attached hydrogens (tertiary/aromatic N) is 3. The largest absolute Gasteiger partial charge is 0.447 e. The lowest BCUT2D eigenvalue weighted by Gasteiger charge is -2.29. The van der Waals surface area contributed by atoms with Gasteiger partial charge in [0.05, 0.1) is 12.6 Å². The van der Waals surface area contributed by atoms with Gasteiger partial charge in [0.25, 0.3) is 5.91 Å². The summed E-state index contributed by atoms with van der Waals surface area (Å²) in [6, 6.07) is 5.97. The van der Waals surface area contributed by atoms with Crippen LogP contribution in [0.4, 0.5) is 4.39 Å². The first-order valence-electron chi connectivity index (χ1n) is 9.49. The number of nitrogens with two attached hydrogens (primary N) is 1. The molecule has 2 saturated heterocycles. The normalized spacial score (nSPS) is 23.5. The van der Waals surface area contributed by atoms with Crippen LogP contribution < -0.4 is 5.73 Å². The molecule has 0 spiro atoms. The van der Waals surface area contributed by atoms with Crippen molar-refractivity contribution in [3.63, 3.8) is 0 Å². The minimum absolute atomic E-state index is 0.00226. The van der Waals surface area contributed by atoms with Gasteiger partial charge in [-0.1, -0.05) is 12.1 Å². The molecular weight excluding hydrogens is 379 g/mol. The Morgan fingerprint density at radius 2 is 2.17 bits per heavy atom. The number of halogens is 1. The predicted molar refractivity (Wildman–Crippen MR) is 100 cm³/mol. The van der Waals surface area contributed by atoms with Crippen molar-refractivity contribution in [3.05, 3.63) is 53.5 Å². The van der Waals surface area contributed by atoms with Crippen LogP contribution in [0.1, 0.15) is 28.0 Å². The highest BCUT2D eigenvalue weighted by Crippen LogP contribution is 2.45. The number of hydrogen-bond acceptors (Lipinski definition) is 6. The molecule has 4 rings (SSSR count). The molecule has 2 N–H and O–H groups in total. The third-order valence-electron chi connectivity index (χ3n) is 5.68. The second-order valence-electron chi connectivity index (χ2n) is 7.44. The van der Waals surface area contributed by atoms with Crippen LogP contribution in [0.15, 0.2) is 34.9 Å².